The highest BCUT2D eigenvalue weighted by atomic mass is 35.5. The van der Waals surface area contributed by atoms with Gasteiger partial charge in [0.15, 0.2) is 0 Å². The van der Waals surface area contributed by atoms with Crippen molar-refractivity contribution in [3.05, 3.63) is 63.8 Å². The van der Waals surface area contributed by atoms with Gasteiger partial charge in [0.05, 0.1) is 0 Å². The van der Waals surface area contributed by atoms with E-state index >= 15 is 0 Å². The summed E-state index contributed by atoms with van der Waals surface area (Å²) in [5.41, 5.74) is 2.49. The zero-order valence-electron chi connectivity index (χ0n) is 15.0. The Morgan fingerprint density at radius 2 is 1.81 bits per heavy atom. The SMILES string of the molecule is Cc1cc2cc(C(=O)N3CCC(Oc4ccc(Cl)cc4)CC3)[nH]c2cc1Cl. The van der Waals surface area contributed by atoms with Gasteiger partial charge in [-0.25, -0.2) is 0 Å². The standard InChI is InChI=1S/C21H20Cl2N2O2/c1-13-10-14-11-20(24-19(14)12-18(13)23)21(26)25-8-6-17(7-9-25)27-16-4-2-15(22)3-5-16/h2-5,10-12,17,24H,6-9H2,1H3. The van der Waals surface area contributed by atoms with Crippen molar-refractivity contribution in [3.63, 3.8) is 0 Å². The Morgan fingerprint density at radius 3 is 2.52 bits per heavy atom. The van der Waals surface area contributed by atoms with Gasteiger partial charge in [-0.3, -0.25) is 4.79 Å². The molecule has 1 saturated heterocycles. The largest absolute Gasteiger partial charge is 0.490 e. The molecule has 1 amide bonds. The van der Waals surface area contributed by atoms with Crippen LogP contribution in [0.5, 0.6) is 5.75 Å². The Bertz CT molecular complexity index is 935. The normalized spacial score (nSPS) is 15.3. The van der Waals surface area contributed by atoms with Gasteiger partial charge in [-0.1, -0.05) is 23.2 Å². The fraction of sp³-hybridized carbons (Fsp3) is 0.286. The highest BCUT2D eigenvalue weighted by Crippen LogP contribution is 2.26. The average Bonchev–Trinajstić information content (AvgIpc) is 3.07. The molecule has 1 aromatic heterocycles. The van der Waals surface area contributed by atoms with Gasteiger partial charge >= 0.3 is 0 Å². The summed E-state index contributed by atoms with van der Waals surface area (Å²) in [5.74, 6) is 0.831. The third-order valence-corrected chi connectivity index (χ3v) is 5.64. The monoisotopic (exact) mass is 402 g/mol. The minimum Gasteiger partial charge on any atom is -0.490 e. The first-order valence-electron chi connectivity index (χ1n) is 9.00. The Balaban J connectivity index is 1.40. The second kappa shape index (κ2) is 7.45. The smallest absolute Gasteiger partial charge is 0.270 e. The van der Waals surface area contributed by atoms with Crippen LogP contribution in [-0.4, -0.2) is 35.0 Å². The van der Waals surface area contributed by atoms with Gasteiger partial charge in [-0.05, 0) is 55.0 Å². The predicted molar refractivity (Wildman–Crippen MR) is 109 cm³/mol. The summed E-state index contributed by atoms with van der Waals surface area (Å²) in [4.78, 5) is 17.9. The molecule has 2 aromatic carbocycles. The molecule has 0 bridgehead atoms. The number of nitrogens with one attached hydrogen (secondary N) is 1. The van der Waals surface area contributed by atoms with E-state index in [0.717, 1.165) is 35.1 Å². The molecule has 4 nitrogen and oxygen atoms in total. The van der Waals surface area contributed by atoms with Crippen LogP contribution in [0.25, 0.3) is 10.9 Å². The molecule has 1 aliphatic rings. The fourth-order valence-corrected chi connectivity index (χ4v) is 3.73. The van der Waals surface area contributed by atoms with Crippen molar-refractivity contribution in [2.24, 2.45) is 0 Å². The number of aromatic amines is 1. The second-order valence-electron chi connectivity index (χ2n) is 6.93. The van der Waals surface area contributed by atoms with Crippen LogP contribution in [0, 0.1) is 6.92 Å². The number of nitrogens with zero attached hydrogens (tertiary/aromatic N) is 1. The van der Waals surface area contributed by atoms with Gasteiger partial charge in [0.2, 0.25) is 0 Å². The molecular weight excluding hydrogens is 383 g/mol. The minimum absolute atomic E-state index is 0.0184. The molecule has 140 valence electrons. The van der Waals surface area contributed by atoms with Crippen LogP contribution in [0.1, 0.15) is 28.9 Å². The van der Waals surface area contributed by atoms with E-state index in [4.69, 9.17) is 27.9 Å². The quantitative estimate of drug-likeness (QED) is 0.631. The zero-order valence-corrected chi connectivity index (χ0v) is 16.5. The number of aromatic nitrogens is 1. The maximum Gasteiger partial charge on any atom is 0.270 e. The lowest BCUT2D eigenvalue weighted by molar-refractivity contribution is 0.0591. The molecule has 0 atom stereocenters. The van der Waals surface area contributed by atoms with Gasteiger partial charge in [-0.2, -0.15) is 0 Å². The van der Waals surface area contributed by atoms with E-state index in [1.807, 2.05) is 54.3 Å². The van der Waals surface area contributed by atoms with E-state index in [9.17, 15) is 4.79 Å². The first-order valence-corrected chi connectivity index (χ1v) is 9.75. The molecule has 0 unspecified atom stereocenters. The predicted octanol–water partition coefficient (Wildman–Crippen LogP) is 5.47. The fourth-order valence-electron chi connectivity index (χ4n) is 3.44. The number of H-pyrrole nitrogens is 1. The summed E-state index contributed by atoms with van der Waals surface area (Å²) in [5, 5.41) is 2.39. The van der Waals surface area contributed by atoms with Crippen molar-refractivity contribution in [1.29, 1.82) is 0 Å². The van der Waals surface area contributed by atoms with Crippen LogP contribution in [0.2, 0.25) is 10.0 Å². The molecule has 1 N–H and O–H groups in total. The summed E-state index contributed by atoms with van der Waals surface area (Å²) < 4.78 is 6.00. The molecule has 0 saturated carbocycles. The van der Waals surface area contributed by atoms with Crippen LogP contribution in [0.4, 0.5) is 0 Å². The summed E-state index contributed by atoms with van der Waals surface area (Å²) in [6.07, 6.45) is 1.72. The molecule has 2 heterocycles. The minimum atomic E-state index is 0.0184. The maximum atomic E-state index is 12.8. The Labute approximate surface area is 168 Å². The number of fused-ring (bicyclic) bond motifs is 1. The lowest BCUT2D eigenvalue weighted by atomic mass is 10.1. The average molecular weight is 403 g/mol. The maximum absolute atomic E-state index is 12.8. The van der Waals surface area contributed by atoms with Crippen molar-refractivity contribution >= 4 is 40.0 Å². The number of carbonyl (C=O) groups is 1. The second-order valence-corrected chi connectivity index (χ2v) is 7.78. The van der Waals surface area contributed by atoms with Crippen molar-refractivity contribution in [2.45, 2.75) is 25.9 Å². The number of ether oxygens (including phenoxy) is 1. The number of likely N-dealkylation sites (tertiary alicyclic amines) is 1. The molecular formula is C21H20Cl2N2O2. The number of hydrogen-bond acceptors (Lipinski definition) is 2. The van der Waals surface area contributed by atoms with E-state index in [1.54, 1.807) is 0 Å². The number of aryl methyl sites for hydroxylation is 1. The van der Waals surface area contributed by atoms with E-state index in [0.29, 0.717) is 28.8 Å². The molecule has 0 aliphatic carbocycles. The topological polar surface area (TPSA) is 45.3 Å². The Kier molecular flexibility index (Phi) is 5.02. The first-order chi connectivity index (χ1) is 13.0. The van der Waals surface area contributed by atoms with Crippen molar-refractivity contribution < 1.29 is 9.53 Å². The lowest BCUT2D eigenvalue weighted by Crippen LogP contribution is -2.41. The summed E-state index contributed by atoms with van der Waals surface area (Å²) >= 11 is 12.1. The third kappa shape index (κ3) is 3.92. The zero-order chi connectivity index (χ0) is 19.0. The van der Waals surface area contributed by atoms with Gasteiger partial charge in [0.1, 0.15) is 17.5 Å². The molecule has 3 aromatic rings. The Hall–Kier alpha value is -2.17. The lowest BCUT2D eigenvalue weighted by Gasteiger charge is -2.32. The number of amides is 1. The molecule has 4 rings (SSSR count). The number of piperidine rings is 1. The number of halogens is 2. The van der Waals surface area contributed by atoms with Crippen LogP contribution in [0.3, 0.4) is 0 Å². The van der Waals surface area contributed by atoms with Crippen molar-refractivity contribution in [3.8, 4) is 5.75 Å². The van der Waals surface area contributed by atoms with Gasteiger partial charge < -0.3 is 14.6 Å². The Morgan fingerprint density at radius 1 is 1.11 bits per heavy atom. The van der Waals surface area contributed by atoms with E-state index in [2.05, 4.69) is 4.98 Å². The van der Waals surface area contributed by atoms with Crippen LogP contribution in [0.15, 0.2) is 42.5 Å². The van der Waals surface area contributed by atoms with Crippen molar-refractivity contribution in [2.75, 3.05) is 13.1 Å². The van der Waals surface area contributed by atoms with Gasteiger partial charge in [0, 0.05) is 46.9 Å². The highest BCUT2D eigenvalue weighted by molar-refractivity contribution is 6.32. The molecule has 1 aliphatic heterocycles. The highest BCUT2D eigenvalue weighted by Gasteiger charge is 2.25. The molecule has 27 heavy (non-hydrogen) atoms. The van der Waals surface area contributed by atoms with Gasteiger partial charge in [-0.15, -0.1) is 0 Å². The van der Waals surface area contributed by atoms with Crippen LogP contribution < -0.4 is 4.74 Å². The number of benzene rings is 2. The molecule has 1 fully saturated rings. The molecule has 6 heteroatoms. The summed E-state index contributed by atoms with van der Waals surface area (Å²) in [6, 6.07) is 13.2. The first kappa shape index (κ1) is 18.2. The van der Waals surface area contributed by atoms with Crippen molar-refractivity contribution in [1.82, 2.24) is 9.88 Å². The summed E-state index contributed by atoms with van der Waals surface area (Å²) in [6.45, 7) is 3.31. The van der Waals surface area contributed by atoms with Gasteiger partial charge in [0.25, 0.3) is 5.91 Å². The third-order valence-electron chi connectivity index (χ3n) is 4.98. The number of hydrogen-bond donors (Lipinski definition) is 1. The van der Waals surface area contributed by atoms with E-state index < -0.39 is 0 Å². The van der Waals surface area contributed by atoms with Crippen LogP contribution in [-0.2, 0) is 0 Å². The number of rotatable bonds is 3. The van der Waals surface area contributed by atoms with E-state index in [1.165, 1.54) is 0 Å². The molecule has 0 spiro atoms. The molecule has 0 radical (unpaired) electrons. The van der Waals surface area contributed by atoms with E-state index in [-0.39, 0.29) is 12.0 Å². The number of carbonyl (C=O) groups excluding carboxylic acids is 1. The van der Waals surface area contributed by atoms with Crippen LogP contribution >= 0.6 is 23.2 Å². The summed E-state index contributed by atoms with van der Waals surface area (Å²) in [7, 11) is 0.